The van der Waals surface area contributed by atoms with Crippen molar-refractivity contribution in [3.8, 4) is 0 Å². The minimum Gasteiger partial charge on any atom is -0.481 e. The summed E-state index contributed by atoms with van der Waals surface area (Å²) in [5.41, 5.74) is 0. The van der Waals surface area contributed by atoms with Crippen LogP contribution in [-0.4, -0.2) is 46.4 Å². The third-order valence-electron chi connectivity index (χ3n) is 1.06. The maximum Gasteiger partial charge on any atom is 0.789 e. The van der Waals surface area contributed by atoms with Crippen LogP contribution in [0.4, 0.5) is 0 Å². The Kier molecular flexibility index (Phi) is 5.56. The fourth-order valence-corrected chi connectivity index (χ4v) is 0.579. The summed E-state index contributed by atoms with van der Waals surface area (Å²) in [5, 5.41) is 25.0. The Bertz CT molecular complexity index is 281. The minimum atomic E-state index is -2.32. The fourth-order valence-electron chi connectivity index (χ4n) is 0.579. The van der Waals surface area contributed by atoms with Gasteiger partial charge >= 0.3 is 31.2 Å². The number of hydrogen-bond acceptors (Lipinski definition) is 7. The average Bonchev–Trinajstić information content (AvgIpc) is 1.97. The topological polar surface area (TPSA) is 147 Å². The molecule has 0 rings (SSSR count). The molecule has 0 unspecified atom stereocenters. The monoisotopic (exact) mass is 234 g/mol. The van der Waals surface area contributed by atoms with Crippen LogP contribution in [-0.2, 0) is 28.5 Å². The van der Waals surface area contributed by atoms with Gasteiger partial charge in [0.2, 0.25) is 0 Å². The molecule has 10 heteroatoms. The molecular weight excluding hydrogens is 227 g/mol. The van der Waals surface area contributed by atoms with Gasteiger partial charge in [0.1, 0.15) is 12.8 Å². The van der Waals surface area contributed by atoms with Gasteiger partial charge in [-0.05, 0) is 0 Å². The fraction of sp³-hybridized carbons (Fsp3) is 0.333. The first kappa shape index (κ1) is 13.9. The van der Waals surface area contributed by atoms with Gasteiger partial charge in [0.05, 0.1) is 0 Å². The lowest BCUT2D eigenvalue weighted by Gasteiger charge is -2.06. The highest BCUT2D eigenvalue weighted by Gasteiger charge is 2.28. The molecule has 0 spiro atoms. The molecule has 16 heavy (non-hydrogen) atoms. The molecule has 3 N–H and O–H groups in total. The Morgan fingerprint density at radius 3 is 1.44 bits per heavy atom. The number of carbonyl (C=O) groups is 4. The summed E-state index contributed by atoms with van der Waals surface area (Å²) >= 11 is 0. The van der Waals surface area contributed by atoms with Gasteiger partial charge in [-0.15, -0.1) is 0 Å². The molecular formula is C6H7BO9. The highest BCUT2D eigenvalue weighted by Crippen LogP contribution is 1.94. The van der Waals surface area contributed by atoms with Gasteiger partial charge in [-0.25, -0.2) is 0 Å². The van der Waals surface area contributed by atoms with Crippen molar-refractivity contribution in [2.45, 2.75) is 12.8 Å². The second-order valence-corrected chi connectivity index (χ2v) is 2.43. The first-order valence-corrected chi connectivity index (χ1v) is 3.82. The third kappa shape index (κ3) is 7.32. The van der Waals surface area contributed by atoms with Crippen LogP contribution in [0.1, 0.15) is 12.8 Å². The Hall–Kier alpha value is -2.10. The molecule has 0 saturated heterocycles. The maximum atomic E-state index is 10.6. The molecule has 9 nitrogen and oxygen atoms in total. The highest BCUT2D eigenvalue weighted by atomic mass is 16.7. The van der Waals surface area contributed by atoms with Crippen molar-refractivity contribution in [1.29, 1.82) is 0 Å². The number of carbonyl (C=O) groups excluding carboxylic acids is 2. The molecule has 0 aromatic carbocycles. The zero-order valence-corrected chi connectivity index (χ0v) is 7.78. The van der Waals surface area contributed by atoms with Crippen molar-refractivity contribution in [1.82, 2.24) is 0 Å². The molecule has 0 heterocycles. The maximum absolute atomic E-state index is 10.6. The molecule has 0 aliphatic heterocycles. The van der Waals surface area contributed by atoms with E-state index < -0.39 is 44.0 Å². The third-order valence-corrected chi connectivity index (χ3v) is 1.06. The van der Waals surface area contributed by atoms with E-state index in [1.165, 1.54) is 0 Å². The molecule has 0 bridgehead atoms. The predicted molar refractivity (Wildman–Crippen MR) is 44.7 cm³/mol. The van der Waals surface area contributed by atoms with Crippen molar-refractivity contribution in [3.05, 3.63) is 0 Å². The molecule has 0 saturated carbocycles. The van der Waals surface area contributed by atoms with E-state index in [0.717, 1.165) is 0 Å². The normalized spacial score (nSPS) is 9.06. The SMILES string of the molecule is O=C(O)CC(=O)OB(O)OC(=O)CC(=O)O. The van der Waals surface area contributed by atoms with E-state index >= 15 is 0 Å². The summed E-state index contributed by atoms with van der Waals surface area (Å²) in [4.78, 5) is 41.2. The molecule has 0 aliphatic rings. The van der Waals surface area contributed by atoms with E-state index in [1.54, 1.807) is 0 Å². The lowest BCUT2D eigenvalue weighted by molar-refractivity contribution is -0.149. The zero-order chi connectivity index (χ0) is 12.7. The van der Waals surface area contributed by atoms with E-state index in [1.807, 2.05) is 0 Å². The van der Waals surface area contributed by atoms with Crippen LogP contribution < -0.4 is 0 Å². The van der Waals surface area contributed by atoms with Gasteiger partial charge in [-0.2, -0.15) is 0 Å². The van der Waals surface area contributed by atoms with E-state index in [2.05, 4.69) is 9.31 Å². The van der Waals surface area contributed by atoms with Gasteiger partial charge < -0.3 is 24.5 Å². The number of carboxylic acid groups (broad SMARTS) is 2. The summed E-state index contributed by atoms with van der Waals surface area (Å²) in [6.45, 7) is 0. The molecule has 0 fully saturated rings. The first-order chi connectivity index (χ1) is 7.31. The number of rotatable bonds is 6. The molecule has 0 radical (unpaired) electrons. The average molecular weight is 234 g/mol. The van der Waals surface area contributed by atoms with Gasteiger partial charge in [0.15, 0.2) is 0 Å². The van der Waals surface area contributed by atoms with Crippen LogP contribution in [0, 0.1) is 0 Å². The van der Waals surface area contributed by atoms with Gasteiger partial charge in [-0.3, -0.25) is 19.2 Å². The van der Waals surface area contributed by atoms with E-state index in [9.17, 15) is 19.2 Å². The Morgan fingerprint density at radius 1 is 0.875 bits per heavy atom. The van der Waals surface area contributed by atoms with Crippen molar-refractivity contribution in [2.75, 3.05) is 0 Å². The van der Waals surface area contributed by atoms with Crippen LogP contribution >= 0.6 is 0 Å². The molecule has 0 aliphatic carbocycles. The lowest BCUT2D eigenvalue weighted by atomic mass is 10.2. The van der Waals surface area contributed by atoms with Gasteiger partial charge in [0, 0.05) is 0 Å². The summed E-state index contributed by atoms with van der Waals surface area (Å²) in [6, 6.07) is 0. The van der Waals surface area contributed by atoms with E-state index in [0.29, 0.717) is 0 Å². The van der Waals surface area contributed by atoms with E-state index in [-0.39, 0.29) is 0 Å². The van der Waals surface area contributed by atoms with Crippen molar-refractivity contribution in [3.63, 3.8) is 0 Å². The number of hydrogen-bond donors (Lipinski definition) is 3. The number of carboxylic acids is 2. The molecule has 0 amide bonds. The van der Waals surface area contributed by atoms with Crippen molar-refractivity contribution in [2.24, 2.45) is 0 Å². The summed E-state index contributed by atoms with van der Waals surface area (Å²) in [5.74, 6) is -5.64. The highest BCUT2D eigenvalue weighted by molar-refractivity contribution is 6.40. The molecule has 0 aromatic heterocycles. The van der Waals surface area contributed by atoms with Crippen LogP contribution in [0.2, 0.25) is 0 Å². The molecule has 0 aromatic rings. The Morgan fingerprint density at radius 2 is 1.19 bits per heavy atom. The zero-order valence-electron chi connectivity index (χ0n) is 7.78. The number of aliphatic carboxylic acids is 2. The van der Waals surface area contributed by atoms with Crippen LogP contribution in [0.5, 0.6) is 0 Å². The van der Waals surface area contributed by atoms with Gasteiger partial charge in [0.25, 0.3) is 0 Å². The standard InChI is InChI=1S/C6H7BO9/c8-3(9)1-5(12)15-7(14)16-6(13)2-4(10)11/h14H,1-2H2,(H,8,9)(H,10,11). The Balaban J connectivity index is 3.94. The van der Waals surface area contributed by atoms with Crippen LogP contribution in [0.3, 0.4) is 0 Å². The summed E-state index contributed by atoms with van der Waals surface area (Å²) < 4.78 is 7.83. The Labute approximate surface area is 88.7 Å². The van der Waals surface area contributed by atoms with Crippen LogP contribution in [0.15, 0.2) is 0 Å². The molecule has 88 valence electrons. The smallest absolute Gasteiger partial charge is 0.481 e. The first-order valence-electron chi connectivity index (χ1n) is 3.82. The lowest BCUT2D eigenvalue weighted by Crippen LogP contribution is -2.30. The molecule has 0 atom stereocenters. The van der Waals surface area contributed by atoms with Crippen molar-refractivity contribution < 1.29 is 43.7 Å². The van der Waals surface area contributed by atoms with Gasteiger partial charge in [-0.1, -0.05) is 0 Å². The summed E-state index contributed by atoms with van der Waals surface area (Å²) in [7, 11) is -2.32. The summed E-state index contributed by atoms with van der Waals surface area (Å²) in [6.07, 6.45) is -2.04. The van der Waals surface area contributed by atoms with Crippen LogP contribution in [0.25, 0.3) is 0 Å². The largest absolute Gasteiger partial charge is 0.789 e. The second-order valence-electron chi connectivity index (χ2n) is 2.43. The van der Waals surface area contributed by atoms with E-state index in [4.69, 9.17) is 15.2 Å². The second kappa shape index (κ2) is 6.40. The van der Waals surface area contributed by atoms with Crippen molar-refractivity contribution >= 4 is 31.2 Å². The quantitative estimate of drug-likeness (QED) is 0.350. The predicted octanol–water partition coefficient (Wildman–Crippen LogP) is -2.00. The minimum absolute atomic E-state index is 1.02.